The van der Waals surface area contributed by atoms with Crippen LogP contribution in [0, 0.1) is 0 Å². The van der Waals surface area contributed by atoms with Crippen molar-refractivity contribution in [2.24, 2.45) is 5.73 Å². The lowest BCUT2D eigenvalue weighted by atomic mass is 10.2. The van der Waals surface area contributed by atoms with Crippen molar-refractivity contribution in [2.45, 2.75) is 39.2 Å². The lowest BCUT2D eigenvalue weighted by Gasteiger charge is -2.24. The van der Waals surface area contributed by atoms with Crippen LogP contribution in [0.4, 0.5) is 4.79 Å². The van der Waals surface area contributed by atoms with Crippen LogP contribution in [0.25, 0.3) is 0 Å². The van der Waals surface area contributed by atoms with E-state index < -0.39 is 5.60 Å². The first kappa shape index (κ1) is 16.2. The number of rotatable bonds is 7. The second-order valence-electron chi connectivity index (χ2n) is 5.15. The van der Waals surface area contributed by atoms with E-state index in [-0.39, 0.29) is 6.09 Å². The fourth-order valence-electron chi connectivity index (χ4n) is 1.22. The first-order chi connectivity index (χ1) is 7.87. The highest BCUT2D eigenvalue weighted by Crippen LogP contribution is 2.08. The molecule has 0 bridgehead atoms. The zero-order valence-electron chi connectivity index (χ0n) is 11.6. The fraction of sp³-hybridized carbons (Fsp3) is 0.917. The zero-order chi connectivity index (χ0) is 13.3. The van der Waals surface area contributed by atoms with Gasteiger partial charge in [-0.05, 0) is 53.2 Å². The molecule has 0 aliphatic heterocycles. The van der Waals surface area contributed by atoms with Crippen molar-refractivity contribution in [3.8, 4) is 0 Å². The number of carbonyl (C=O) groups excluding carboxylic acids is 1. The van der Waals surface area contributed by atoms with Crippen molar-refractivity contribution < 1.29 is 9.53 Å². The van der Waals surface area contributed by atoms with Crippen molar-refractivity contribution in [3.05, 3.63) is 0 Å². The van der Waals surface area contributed by atoms with Gasteiger partial charge in [-0.15, -0.1) is 0 Å². The summed E-state index contributed by atoms with van der Waals surface area (Å²) in [5, 5.41) is 3.27. The highest BCUT2D eigenvalue weighted by Gasteiger charge is 2.18. The molecule has 0 heterocycles. The van der Waals surface area contributed by atoms with Crippen LogP contribution in [0.5, 0.6) is 0 Å². The Morgan fingerprint density at radius 1 is 1.29 bits per heavy atom. The third-order valence-electron chi connectivity index (χ3n) is 2.11. The Kier molecular flexibility index (Phi) is 7.91. The van der Waals surface area contributed by atoms with Gasteiger partial charge in [0.2, 0.25) is 0 Å². The standard InChI is InChI=1S/C12H27N3O2/c1-12(2,3)17-11(16)15(4)10-6-9-14-8-5-7-13/h14H,5-10,13H2,1-4H3. The van der Waals surface area contributed by atoms with E-state index in [2.05, 4.69) is 5.32 Å². The number of amides is 1. The largest absolute Gasteiger partial charge is 0.444 e. The minimum atomic E-state index is -0.426. The Bertz CT molecular complexity index is 214. The SMILES string of the molecule is CN(CCCNCCCN)C(=O)OC(C)(C)C. The van der Waals surface area contributed by atoms with Gasteiger partial charge >= 0.3 is 6.09 Å². The van der Waals surface area contributed by atoms with Gasteiger partial charge in [0.05, 0.1) is 0 Å². The second-order valence-corrected chi connectivity index (χ2v) is 5.15. The molecule has 17 heavy (non-hydrogen) atoms. The van der Waals surface area contributed by atoms with Crippen LogP contribution < -0.4 is 11.1 Å². The number of nitrogens with zero attached hydrogens (tertiary/aromatic N) is 1. The van der Waals surface area contributed by atoms with Gasteiger partial charge in [-0.3, -0.25) is 0 Å². The molecule has 0 fully saturated rings. The Morgan fingerprint density at radius 2 is 1.88 bits per heavy atom. The van der Waals surface area contributed by atoms with Gasteiger partial charge < -0.3 is 20.7 Å². The maximum atomic E-state index is 11.6. The van der Waals surface area contributed by atoms with Crippen LogP contribution >= 0.6 is 0 Å². The summed E-state index contributed by atoms with van der Waals surface area (Å²) < 4.78 is 5.25. The Hall–Kier alpha value is -0.810. The Morgan fingerprint density at radius 3 is 2.41 bits per heavy atom. The molecule has 0 rings (SSSR count). The molecule has 0 aromatic rings. The summed E-state index contributed by atoms with van der Waals surface area (Å²) in [5.41, 5.74) is 4.95. The van der Waals surface area contributed by atoms with Gasteiger partial charge in [-0.1, -0.05) is 0 Å². The minimum Gasteiger partial charge on any atom is -0.444 e. The molecule has 0 atom stereocenters. The van der Waals surface area contributed by atoms with E-state index in [1.54, 1.807) is 11.9 Å². The molecule has 5 heteroatoms. The molecule has 102 valence electrons. The van der Waals surface area contributed by atoms with E-state index in [4.69, 9.17) is 10.5 Å². The van der Waals surface area contributed by atoms with Crippen molar-refractivity contribution in [1.29, 1.82) is 0 Å². The van der Waals surface area contributed by atoms with Crippen molar-refractivity contribution in [2.75, 3.05) is 33.2 Å². The van der Waals surface area contributed by atoms with E-state index in [9.17, 15) is 4.79 Å². The molecule has 0 aromatic heterocycles. The summed E-state index contributed by atoms with van der Waals surface area (Å²) >= 11 is 0. The second kappa shape index (κ2) is 8.31. The van der Waals surface area contributed by atoms with Gasteiger partial charge in [-0.25, -0.2) is 4.79 Å². The van der Waals surface area contributed by atoms with Crippen LogP contribution in [-0.4, -0.2) is 49.8 Å². The van der Waals surface area contributed by atoms with E-state index in [1.165, 1.54) is 0 Å². The average molecular weight is 245 g/mol. The first-order valence-electron chi connectivity index (χ1n) is 6.21. The van der Waals surface area contributed by atoms with Crippen LogP contribution in [0.2, 0.25) is 0 Å². The molecule has 3 N–H and O–H groups in total. The summed E-state index contributed by atoms with van der Waals surface area (Å²) in [6.45, 7) is 8.85. The van der Waals surface area contributed by atoms with Crippen molar-refractivity contribution >= 4 is 6.09 Å². The smallest absolute Gasteiger partial charge is 0.410 e. The normalized spacial score (nSPS) is 11.4. The molecule has 0 radical (unpaired) electrons. The topological polar surface area (TPSA) is 67.6 Å². The lowest BCUT2D eigenvalue weighted by Crippen LogP contribution is -2.35. The highest BCUT2D eigenvalue weighted by molar-refractivity contribution is 5.67. The van der Waals surface area contributed by atoms with Gasteiger partial charge in [0.15, 0.2) is 0 Å². The number of hydrogen-bond acceptors (Lipinski definition) is 4. The summed E-state index contributed by atoms with van der Waals surface area (Å²) in [6.07, 6.45) is 1.64. The minimum absolute atomic E-state index is 0.264. The number of nitrogens with two attached hydrogens (primary N) is 1. The van der Waals surface area contributed by atoms with Crippen LogP contribution in [0.1, 0.15) is 33.6 Å². The molecule has 0 unspecified atom stereocenters. The number of hydrogen-bond donors (Lipinski definition) is 2. The molecular weight excluding hydrogens is 218 g/mol. The lowest BCUT2D eigenvalue weighted by molar-refractivity contribution is 0.0297. The third kappa shape index (κ3) is 10.1. The Labute approximate surface area is 105 Å². The molecule has 1 amide bonds. The molecule has 0 spiro atoms. The average Bonchev–Trinajstić information content (AvgIpc) is 2.20. The zero-order valence-corrected chi connectivity index (χ0v) is 11.6. The Balaban J connectivity index is 3.58. The molecule has 5 nitrogen and oxygen atoms in total. The van der Waals surface area contributed by atoms with Gasteiger partial charge in [0, 0.05) is 13.6 Å². The fourth-order valence-corrected chi connectivity index (χ4v) is 1.22. The summed E-state index contributed by atoms with van der Waals surface area (Å²) in [6, 6.07) is 0. The molecule has 0 saturated carbocycles. The summed E-state index contributed by atoms with van der Waals surface area (Å²) in [7, 11) is 1.76. The summed E-state index contributed by atoms with van der Waals surface area (Å²) in [4.78, 5) is 13.2. The third-order valence-corrected chi connectivity index (χ3v) is 2.11. The predicted octanol–water partition coefficient (Wildman–Crippen LogP) is 1.18. The van der Waals surface area contributed by atoms with Crippen LogP contribution in [-0.2, 0) is 4.74 Å². The molecule has 0 aliphatic carbocycles. The first-order valence-corrected chi connectivity index (χ1v) is 6.21. The molecule has 0 saturated heterocycles. The molecular formula is C12H27N3O2. The molecule has 0 aliphatic rings. The molecule has 0 aromatic carbocycles. The summed E-state index contributed by atoms with van der Waals surface area (Å²) in [5.74, 6) is 0. The van der Waals surface area contributed by atoms with Gasteiger partial charge in [0.25, 0.3) is 0 Å². The quantitative estimate of drug-likeness (QED) is 0.661. The van der Waals surface area contributed by atoms with E-state index in [0.717, 1.165) is 25.9 Å². The maximum absolute atomic E-state index is 11.6. The number of ether oxygens (including phenoxy) is 1. The number of carbonyl (C=O) groups is 1. The van der Waals surface area contributed by atoms with Gasteiger partial charge in [-0.2, -0.15) is 0 Å². The van der Waals surface area contributed by atoms with Crippen molar-refractivity contribution in [1.82, 2.24) is 10.2 Å². The van der Waals surface area contributed by atoms with E-state index in [1.807, 2.05) is 20.8 Å². The number of nitrogens with one attached hydrogen (secondary N) is 1. The van der Waals surface area contributed by atoms with Crippen LogP contribution in [0.3, 0.4) is 0 Å². The van der Waals surface area contributed by atoms with Crippen molar-refractivity contribution in [3.63, 3.8) is 0 Å². The maximum Gasteiger partial charge on any atom is 0.410 e. The monoisotopic (exact) mass is 245 g/mol. The van der Waals surface area contributed by atoms with E-state index >= 15 is 0 Å². The van der Waals surface area contributed by atoms with E-state index in [0.29, 0.717) is 13.1 Å². The van der Waals surface area contributed by atoms with Gasteiger partial charge in [0.1, 0.15) is 5.60 Å². The predicted molar refractivity (Wildman–Crippen MR) is 70.0 cm³/mol. The highest BCUT2D eigenvalue weighted by atomic mass is 16.6. The van der Waals surface area contributed by atoms with Crippen LogP contribution in [0.15, 0.2) is 0 Å².